The fourth-order valence-electron chi connectivity index (χ4n) is 1.76. The van der Waals surface area contributed by atoms with Crippen molar-refractivity contribution in [3.63, 3.8) is 0 Å². The fourth-order valence-corrected chi connectivity index (χ4v) is 1.76. The van der Waals surface area contributed by atoms with Gasteiger partial charge in [0.2, 0.25) is 0 Å². The third-order valence-electron chi connectivity index (χ3n) is 2.99. The Morgan fingerprint density at radius 3 is 2.65 bits per heavy atom. The van der Waals surface area contributed by atoms with Gasteiger partial charge >= 0.3 is 0 Å². The van der Waals surface area contributed by atoms with E-state index in [4.69, 9.17) is 15.0 Å². The second-order valence-corrected chi connectivity index (χ2v) is 5.26. The van der Waals surface area contributed by atoms with Gasteiger partial charge in [-0.25, -0.2) is 0 Å². The summed E-state index contributed by atoms with van der Waals surface area (Å²) in [5, 5.41) is 3.97. The third kappa shape index (κ3) is 3.43. The first-order valence-electron chi connectivity index (χ1n) is 6.81. The molecule has 0 saturated carbocycles. The van der Waals surface area contributed by atoms with E-state index in [-0.39, 0.29) is 0 Å². The first kappa shape index (κ1) is 14.7. The summed E-state index contributed by atoms with van der Waals surface area (Å²) in [5.74, 6) is 0.941. The highest BCUT2D eigenvalue weighted by Crippen LogP contribution is 2.21. The zero-order valence-corrected chi connectivity index (χ0v) is 12.2. The molecule has 0 aliphatic rings. The number of nitrogens with zero attached hydrogens (tertiary/aromatic N) is 2. The summed E-state index contributed by atoms with van der Waals surface area (Å²) >= 11 is 0. The minimum Gasteiger partial charge on any atom is -0.379 e. The van der Waals surface area contributed by atoms with E-state index in [1.54, 1.807) is 0 Å². The second-order valence-electron chi connectivity index (χ2n) is 5.26. The van der Waals surface area contributed by atoms with Crippen LogP contribution >= 0.6 is 0 Å². The fraction of sp³-hybridized carbons (Fsp3) is 0.467. The lowest BCUT2D eigenvalue weighted by atomic mass is 10.1. The maximum absolute atomic E-state index is 6.18. The lowest BCUT2D eigenvalue weighted by molar-refractivity contribution is 0.0867. The van der Waals surface area contributed by atoms with Gasteiger partial charge in [-0.3, -0.25) is 0 Å². The van der Waals surface area contributed by atoms with Gasteiger partial charge in [-0.15, -0.1) is 0 Å². The molecule has 1 aromatic carbocycles. The minimum absolute atomic E-state index is 0.369. The first-order valence-corrected chi connectivity index (χ1v) is 6.81. The Morgan fingerprint density at radius 2 is 2.00 bits per heavy atom. The number of ether oxygens (including phenoxy) is 1. The van der Waals surface area contributed by atoms with Crippen LogP contribution < -0.4 is 5.73 Å². The SMILES string of the molecule is CCCOCC(C)(N)c1noc(-c2ccc(C)cc2)n1. The Labute approximate surface area is 119 Å². The van der Waals surface area contributed by atoms with E-state index >= 15 is 0 Å². The summed E-state index contributed by atoms with van der Waals surface area (Å²) in [6.07, 6.45) is 0.955. The van der Waals surface area contributed by atoms with Crippen LogP contribution in [0.5, 0.6) is 0 Å². The van der Waals surface area contributed by atoms with Crippen LogP contribution in [0.15, 0.2) is 28.8 Å². The van der Waals surface area contributed by atoms with Crippen molar-refractivity contribution in [1.82, 2.24) is 10.1 Å². The Morgan fingerprint density at radius 1 is 1.30 bits per heavy atom. The number of hydrogen-bond donors (Lipinski definition) is 1. The van der Waals surface area contributed by atoms with Crippen molar-refractivity contribution < 1.29 is 9.26 Å². The van der Waals surface area contributed by atoms with Crippen molar-refractivity contribution in [3.8, 4) is 11.5 Å². The molecule has 2 rings (SSSR count). The molecule has 0 aliphatic heterocycles. The molecular weight excluding hydrogens is 254 g/mol. The molecule has 0 spiro atoms. The molecule has 108 valence electrons. The van der Waals surface area contributed by atoms with Crippen LogP contribution in [-0.4, -0.2) is 23.4 Å². The van der Waals surface area contributed by atoms with E-state index in [0.29, 0.717) is 24.9 Å². The molecule has 1 unspecified atom stereocenters. The Balaban J connectivity index is 2.13. The Hall–Kier alpha value is -1.72. The van der Waals surface area contributed by atoms with Gasteiger partial charge in [-0.1, -0.05) is 29.8 Å². The Kier molecular flexibility index (Phi) is 4.52. The molecule has 0 radical (unpaired) electrons. The first-order chi connectivity index (χ1) is 9.53. The predicted molar refractivity (Wildman–Crippen MR) is 77.1 cm³/mol. The lowest BCUT2D eigenvalue weighted by Gasteiger charge is -2.19. The summed E-state index contributed by atoms with van der Waals surface area (Å²) in [6, 6.07) is 7.92. The van der Waals surface area contributed by atoms with E-state index < -0.39 is 5.54 Å². The average molecular weight is 275 g/mol. The van der Waals surface area contributed by atoms with Crippen molar-refractivity contribution in [2.75, 3.05) is 13.2 Å². The monoisotopic (exact) mass is 275 g/mol. The van der Waals surface area contributed by atoms with Gasteiger partial charge in [0.05, 0.1) is 6.61 Å². The van der Waals surface area contributed by atoms with Crippen molar-refractivity contribution in [3.05, 3.63) is 35.7 Å². The number of hydrogen-bond acceptors (Lipinski definition) is 5. The van der Waals surface area contributed by atoms with Crippen LogP contribution in [0.3, 0.4) is 0 Å². The lowest BCUT2D eigenvalue weighted by Crippen LogP contribution is -2.39. The smallest absolute Gasteiger partial charge is 0.257 e. The van der Waals surface area contributed by atoms with Crippen molar-refractivity contribution in [1.29, 1.82) is 0 Å². The molecule has 5 nitrogen and oxygen atoms in total. The molecule has 0 fully saturated rings. The number of aryl methyl sites for hydroxylation is 1. The largest absolute Gasteiger partial charge is 0.379 e. The van der Waals surface area contributed by atoms with Crippen LogP contribution in [0.25, 0.3) is 11.5 Å². The number of nitrogens with two attached hydrogens (primary N) is 1. The molecule has 0 aliphatic carbocycles. The van der Waals surface area contributed by atoms with Crippen LogP contribution in [0, 0.1) is 6.92 Å². The standard InChI is InChI=1S/C15H21N3O2/c1-4-9-19-10-15(3,16)14-17-13(20-18-14)12-7-5-11(2)6-8-12/h5-8H,4,9-10,16H2,1-3H3. The molecule has 0 saturated heterocycles. The van der Waals surface area contributed by atoms with Crippen LogP contribution in [-0.2, 0) is 10.3 Å². The van der Waals surface area contributed by atoms with Gasteiger partial charge in [0, 0.05) is 12.2 Å². The topological polar surface area (TPSA) is 74.2 Å². The van der Waals surface area contributed by atoms with Crippen molar-refractivity contribution >= 4 is 0 Å². The van der Waals surface area contributed by atoms with Crippen LogP contribution in [0.4, 0.5) is 0 Å². The number of aromatic nitrogens is 2. The molecule has 20 heavy (non-hydrogen) atoms. The highest BCUT2D eigenvalue weighted by Gasteiger charge is 2.28. The molecule has 1 heterocycles. The highest BCUT2D eigenvalue weighted by molar-refractivity contribution is 5.53. The number of rotatable bonds is 6. The molecule has 5 heteroatoms. The van der Waals surface area contributed by atoms with Crippen LogP contribution in [0.1, 0.15) is 31.7 Å². The number of benzene rings is 1. The van der Waals surface area contributed by atoms with Gasteiger partial charge in [0.15, 0.2) is 5.82 Å². The van der Waals surface area contributed by atoms with Crippen LogP contribution in [0.2, 0.25) is 0 Å². The minimum atomic E-state index is -0.748. The molecule has 1 aromatic heterocycles. The molecule has 0 amide bonds. The van der Waals surface area contributed by atoms with Crippen molar-refractivity contribution in [2.45, 2.75) is 32.7 Å². The second kappa shape index (κ2) is 6.15. The summed E-state index contributed by atoms with van der Waals surface area (Å²) < 4.78 is 10.8. The van der Waals surface area contributed by atoms with Gasteiger partial charge in [-0.2, -0.15) is 4.98 Å². The van der Waals surface area contributed by atoms with Gasteiger partial charge in [-0.05, 0) is 32.4 Å². The van der Waals surface area contributed by atoms with E-state index in [9.17, 15) is 0 Å². The van der Waals surface area contributed by atoms with Crippen molar-refractivity contribution in [2.24, 2.45) is 5.73 Å². The zero-order chi connectivity index (χ0) is 14.6. The Bertz CT molecular complexity index is 547. The maximum Gasteiger partial charge on any atom is 0.257 e. The molecule has 2 aromatic rings. The summed E-state index contributed by atoms with van der Waals surface area (Å²) in [7, 11) is 0. The maximum atomic E-state index is 6.18. The predicted octanol–water partition coefficient (Wildman–Crippen LogP) is 2.65. The van der Waals surface area contributed by atoms with Gasteiger partial charge in [0.25, 0.3) is 5.89 Å². The molecule has 0 bridgehead atoms. The van der Waals surface area contributed by atoms with Gasteiger partial charge < -0.3 is 15.0 Å². The zero-order valence-electron chi connectivity index (χ0n) is 12.2. The van der Waals surface area contributed by atoms with E-state index in [1.807, 2.05) is 38.1 Å². The van der Waals surface area contributed by atoms with Gasteiger partial charge in [0.1, 0.15) is 5.54 Å². The quantitative estimate of drug-likeness (QED) is 0.820. The molecular formula is C15H21N3O2. The normalized spacial score (nSPS) is 14.2. The van der Waals surface area contributed by atoms with E-state index in [1.165, 1.54) is 5.56 Å². The molecule has 1 atom stereocenters. The molecule has 2 N–H and O–H groups in total. The third-order valence-corrected chi connectivity index (χ3v) is 2.99. The highest BCUT2D eigenvalue weighted by atomic mass is 16.5. The summed E-state index contributed by atoms with van der Waals surface area (Å²) in [4.78, 5) is 4.38. The summed E-state index contributed by atoms with van der Waals surface area (Å²) in [5.41, 5.74) is 7.51. The van der Waals surface area contributed by atoms with E-state index in [0.717, 1.165) is 12.0 Å². The van der Waals surface area contributed by atoms with E-state index in [2.05, 4.69) is 17.1 Å². The summed E-state index contributed by atoms with van der Waals surface area (Å²) in [6.45, 7) is 6.97. The average Bonchev–Trinajstić information content (AvgIpc) is 2.90.